The smallest absolute Gasteiger partial charge is 0.261 e. The molecule has 0 bridgehead atoms. The first-order valence-corrected chi connectivity index (χ1v) is 7.68. The number of amides is 2. The zero-order valence-electron chi connectivity index (χ0n) is 13.3. The molecule has 0 radical (unpaired) electrons. The standard InChI is InChI=1S/C18H16N4O3/c19-17(24)12-5-7-13(8-6-12)21-16(23)9-10-22-11-20-15-4-2-1-3-14(15)18(22)25/h1-8,11H,9-10H2,(H2,19,24)(H,21,23). The van der Waals surface area contributed by atoms with Gasteiger partial charge in [-0.1, -0.05) is 12.1 Å². The SMILES string of the molecule is NC(=O)c1ccc(NC(=O)CCn2cnc3ccccc3c2=O)cc1. The maximum Gasteiger partial charge on any atom is 0.261 e. The lowest BCUT2D eigenvalue weighted by atomic mass is 10.2. The number of benzene rings is 2. The number of anilines is 1. The Bertz CT molecular complexity index is 993. The second kappa shape index (κ2) is 6.96. The van der Waals surface area contributed by atoms with E-state index >= 15 is 0 Å². The Hall–Kier alpha value is -3.48. The summed E-state index contributed by atoms with van der Waals surface area (Å²) < 4.78 is 1.41. The Balaban J connectivity index is 1.65. The molecule has 2 aromatic carbocycles. The van der Waals surface area contributed by atoms with Crippen LogP contribution in [0.15, 0.2) is 59.7 Å². The quantitative estimate of drug-likeness (QED) is 0.736. The lowest BCUT2D eigenvalue weighted by Crippen LogP contribution is -2.23. The third kappa shape index (κ3) is 3.72. The number of nitrogens with two attached hydrogens (primary N) is 1. The first-order valence-electron chi connectivity index (χ1n) is 7.68. The van der Waals surface area contributed by atoms with Gasteiger partial charge in [-0.2, -0.15) is 0 Å². The molecule has 25 heavy (non-hydrogen) atoms. The average Bonchev–Trinajstić information content (AvgIpc) is 2.62. The lowest BCUT2D eigenvalue weighted by molar-refractivity contribution is -0.116. The maximum absolute atomic E-state index is 12.3. The van der Waals surface area contributed by atoms with Crippen molar-refractivity contribution in [1.82, 2.24) is 9.55 Å². The van der Waals surface area contributed by atoms with E-state index in [1.54, 1.807) is 30.3 Å². The van der Waals surface area contributed by atoms with Crippen molar-refractivity contribution in [2.75, 3.05) is 5.32 Å². The number of rotatable bonds is 5. The molecule has 2 amide bonds. The molecule has 0 spiro atoms. The van der Waals surface area contributed by atoms with E-state index in [1.165, 1.54) is 23.0 Å². The van der Waals surface area contributed by atoms with Crippen LogP contribution in [-0.4, -0.2) is 21.4 Å². The molecule has 1 aromatic heterocycles. The Labute approximate surface area is 143 Å². The van der Waals surface area contributed by atoms with Crippen molar-refractivity contribution in [2.45, 2.75) is 13.0 Å². The highest BCUT2D eigenvalue weighted by Gasteiger charge is 2.07. The summed E-state index contributed by atoms with van der Waals surface area (Å²) in [5.74, 6) is -0.770. The van der Waals surface area contributed by atoms with Gasteiger partial charge in [-0.25, -0.2) is 4.98 Å². The molecule has 0 saturated carbocycles. The number of hydrogen-bond acceptors (Lipinski definition) is 4. The molecule has 3 N–H and O–H groups in total. The molecule has 0 unspecified atom stereocenters. The van der Waals surface area contributed by atoms with Gasteiger partial charge in [0.2, 0.25) is 11.8 Å². The van der Waals surface area contributed by atoms with E-state index in [9.17, 15) is 14.4 Å². The number of aromatic nitrogens is 2. The minimum Gasteiger partial charge on any atom is -0.366 e. The number of nitrogens with zero attached hydrogens (tertiary/aromatic N) is 2. The van der Waals surface area contributed by atoms with Crippen molar-refractivity contribution in [2.24, 2.45) is 5.73 Å². The van der Waals surface area contributed by atoms with Gasteiger partial charge in [0, 0.05) is 24.2 Å². The monoisotopic (exact) mass is 336 g/mol. The van der Waals surface area contributed by atoms with Gasteiger partial charge in [0.05, 0.1) is 17.2 Å². The predicted molar refractivity (Wildman–Crippen MR) is 94.2 cm³/mol. The molecule has 3 aromatic rings. The van der Waals surface area contributed by atoms with Gasteiger partial charge in [-0.15, -0.1) is 0 Å². The van der Waals surface area contributed by atoms with Crippen LogP contribution < -0.4 is 16.6 Å². The molecule has 7 nitrogen and oxygen atoms in total. The third-order valence-electron chi connectivity index (χ3n) is 3.76. The zero-order valence-corrected chi connectivity index (χ0v) is 13.3. The molecule has 126 valence electrons. The van der Waals surface area contributed by atoms with E-state index < -0.39 is 5.91 Å². The molecule has 0 aliphatic carbocycles. The van der Waals surface area contributed by atoms with Gasteiger partial charge in [0.25, 0.3) is 5.56 Å². The first kappa shape index (κ1) is 16.4. The summed E-state index contributed by atoms with van der Waals surface area (Å²) in [7, 11) is 0. The van der Waals surface area contributed by atoms with Crippen LogP contribution in [-0.2, 0) is 11.3 Å². The second-order valence-electron chi connectivity index (χ2n) is 5.50. The van der Waals surface area contributed by atoms with Crippen LogP contribution in [0.1, 0.15) is 16.8 Å². The van der Waals surface area contributed by atoms with Crippen LogP contribution in [0.25, 0.3) is 10.9 Å². The molecule has 0 aliphatic heterocycles. The summed E-state index contributed by atoms with van der Waals surface area (Å²) in [4.78, 5) is 39.6. The van der Waals surface area contributed by atoms with E-state index in [1.807, 2.05) is 6.07 Å². The topological polar surface area (TPSA) is 107 Å². The maximum atomic E-state index is 12.3. The van der Waals surface area contributed by atoms with Gasteiger partial charge in [-0.05, 0) is 36.4 Å². The Morgan fingerprint density at radius 3 is 2.52 bits per heavy atom. The molecule has 0 atom stereocenters. The molecule has 0 saturated heterocycles. The summed E-state index contributed by atoms with van der Waals surface area (Å²) >= 11 is 0. The summed E-state index contributed by atoms with van der Waals surface area (Å²) in [5, 5.41) is 3.23. The minimum absolute atomic E-state index is 0.123. The Morgan fingerprint density at radius 2 is 1.80 bits per heavy atom. The minimum atomic E-state index is -0.527. The highest BCUT2D eigenvalue weighted by molar-refractivity contribution is 5.94. The van der Waals surface area contributed by atoms with Crippen molar-refractivity contribution in [3.8, 4) is 0 Å². The number of carbonyl (C=O) groups excluding carboxylic acids is 2. The van der Waals surface area contributed by atoms with E-state index in [-0.39, 0.29) is 24.4 Å². The number of fused-ring (bicyclic) bond motifs is 1. The molecule has 3 rings (SSSR count). The molecule has 0 aliphatic rings. The fraction of sp³-hybridized carbons (Fsp3) is 0.111. The van der Waals surface area contributed by atoms with Crippen molar-refractivity contribution in [3.63, 3.8) is 0 Å². The predicted octanol–water partition coefficient (Wildman–Crippen LogP) is 1.52. The zero-order chi connectivity index (χ0) is 17.8. The number of para-hydroxylation sites is 1. The van der Waals surface area contributed by atoms with Crippen molar-refractivity contribution >= 4 is 28.4 Å². The van der Waals surface area contributed by atoms with Crippen molar-refractivity contribution < 1.29 is 9.59 Å². The van der Waals surface area contributed by atoms with Crippen LogP contribution in [0.2, 0.25) is 0 Å². The van der Waals surface area contributed by atoms with E-state index in [2.05, 4.69) is 10.3 Å². The molecule has 7 heteroatoms. The van der Waals surface area contributed by atoms with E-state index in [4.69, 9.17) is 5.73 Å². The highest BCUT2D eigenvalue weighted by Crippen LogP contribution is 2.10. The summed E-state index contributed by atoms with van der Waals surface area (Å²) in [5.41, 5.74) is 6.54. The Kier molecular flexibility index (Phi) is 4.56. The fourth-order valence-electron chi connectivity index (χ4n) is 2.43. The number of primary amides is 1. The van der Waals surface area contributed by atoms with Crippen LogP contribution >= 0.6 is 0 Å². The average molecular weight is 336 g/mol. The van der Waals surface area contributed by atoms with E-state index in [0.29, 0.717) is 22.2 Å². The lowest BCUT2D eigenvalue weighted by Gasteiger charge is -2.08. The van der Waals surface area contributed by atoms with Gasteiger partial charge in [0.15, 0.2) is 0 Å². The first-order chi connectivity index (χ1) is 12.0. The summed E-state index contributed by atoms with van der Waals surface area (Å²) in [6.45, 7) is 0.224. The largest absolute Gasteiger partial charge is 0.366 e. The number of carbonyl (C=O) groups is 2. The molecular weight excluding hydrogens is 320 g/mol. The fourth-order valence-corrected chi connectivity index (χ4v) is 2.43. The van der Waals surface area contributed by atoms with Gasteiger partial charge >= 0.3 is 0 Å². The summed E-state index contributed by atoms with van der Waals surface area (Å²) in [6.07, 6.45) is 1.57. The van der Waals surface area contributed by atoms with Crippen LogP contribution in [0, 0.1) is 0 Å². The van der Waals surface area contributed by atoms with Gasteiger partial charge in [0.1, 0.15) is 0 Å². The van der Waals surface area contributed by atoms with E-state index in [0.717, 1.165) is 0 Å². The number of nitrogens with one attached hydrogen (secondary N) is 1. The number of hydrogen-bond donors (Lipinski definition) is 2. The van der Waals surface area contributed by atoms with Crippen LogP contribution in [0.4, 0.5) is 5.69 Å². The summed E-state index contributed by atoms with van der Waals surface area (Å²) in [6, 6.07) is 13.3. The molecule has 1 heterocycles. The van der Waals surface area contributed by atoms with Gasteiger partial charge < -0.3 is 11.1 Å². The van der Waals surface area contributed by atoms with Crippen LogP contribution in [0.3, 0.4) is 0 Å². The van der Waals surface area contributed by atoms with Crippen molar-refractivity contribution in [1.29, 1.82) is 0 Å². The Morgan fingerprint density at radius 1 is 1.08 bits per heavy atom. The highest BCUT2D eigenvalue weighted by atomic mass is 16.2. The van der Waals surface area contributed by atoms with Gasteiger partial charge in [-0.3, -0.25) is 19.0 Å². The van der Waals surface area contributed by atoms with Crippen molar-refractivity contribution in [3.05, 3.63) is 70.8 Å². The normalized spacial score (nSPS) is 10.6. The third-order valence-corrected chi connectivity index (χ3v) is 3.76. The second-order valence-corrected chi connectivity index (χ2v) is 5.50. The van der Waals surface area contributed by atoms with Crippen LogP contribution in [0.5, 0.6) is 0 Å². The number of aryl methyl sites for hydroxylation is 1. The molecule has 0 fully saturated rings. The molecular formula is C18H16N4O3.